The summed E-state index contributed by atoms with van der Waals surface area (Å²) in [5, 5.41) is 3.62. The molecule has 1 unspecified atom stereocenters. The van der Waals surface area contributed by atoms with Gasteiger partial charge in [0.1, 0.15) is 18.7 Å². The van der Waals surface area contributed by atoms with E-state index in [1.807, 2.05) is 6.92 Å². The van der Waals surface area contributed by atoms with Gasteiger partial charge in [-0.2, -0.15) is 0 Å². The monoisotopic (exact) mass is 358 g/mol. The van der Waals surface area contributed by atoms with Crippen molar-refractivity contribution in [2.45, 2.75) is 13.0 Å². The maximum Gasteiger partial charge on any atom is 0.414 e. The molecule has 1 aliphatic rings. The number of imidazole rings is 1. The number of amides is 1. The van der Waals surface area contributed by atoms with E-state index in [2.05, 4.69) is 14.7 Å². The first-order valence-electron chi connectivity index (χ1n) is 7.92. The van der Waals surface area contributed by atoms with Crippen molar-refractivity contribution in [3.63, 3.8) is 0 Å². The second-order valence-electron chi connectivity index (χ2n) is 5.82. The number of nitrogens with zero attached hydrogens (tertiary/aromatic N) is 4. The second kappa shape index (κ2) is 6.51. The minimum absolute atomic E-state index is 0.129. The molecule has 1 fully saturated rings. The largest absolute Gasteiger partial charge is 0.471 e. The van der Waals surface area contributed by atoms with Crippen molar-refractivity contribution in [1.29, 1.82) is 0 Å². The van der Waals surface area contributed by atoms with Gasteiger partial charge in [0.25, 0.3) is 5.88 Å². The third-order valence-electron chi connectivity index (χ3n) is 3.94. The van der Waals surface area contributed by atoms with E-state index in [0.29, 0.717) is 17.3 Å². The highest BCUT2D eigenvalue weighted by Gasteiger charge is 2.33. The van der Waals surface area contributed by atoms with Crippen molar-refractivity contribution in [2.24, 2.45) is 0 Å². The molecule has 3 aromatic rings. The number of hydrogen-bond acceptors (Lipinski definition) is 6. The number of anilines is 1. The summed E-state index contributed by atoms with van der Waals surface area (Å²) in [4.78, 5) is 17.5. The minimum Gasteiger partial charge on any atom is -0.471 e. The van der Waals surface area contributed by atoms with Crippen LogP contribution in [0.2, 0.25) is 0 Å². The molecular formula is C17H15FN4O4. The Bertz CT molecular complexity index is 925. The Kier molecular flexibility index (Phi) is 4.04. The van der Waals surface area contributed by atoms with Crippen LogP contribution in [0.3, 0.4) is 0 Å². The molecule has 0 spiro atoms. The highest BCUT2D eigenvalue weighted by molar-refractivity contribution is 5.89. The summed E-state index contributed by atoms with van der Waals surface area (Å²) in [7, 11) is 0. The van der Waals surface area contributed by atoms with E-state index in [1.165, 1.54) is 23.6 Å². The maximum absolute atomic E-state index is 14.5. The Labute approximate surface area is 147 Å². The lowest BCUT2D eigenvalue weighted by Gasteiger charge is -2.14. The van der Waals surface area contributed by atoms with Crippen molar-refractivity contribution in [3.05, 3.63) is 54.6 Å². The standard InChI is InChI=1S/C17H15FN4O4/c1-11-7-21(10-19-11)15-3-2-12(6-14(15)18)22-8-13(26-17(22)23)9-24-16-4-5-25-20-16/h2-7,10,13H,8-9H2,1H3. The summed E-state index contributed by atoms with van der Waals surface area (Å²) in [6.45, 7) is 2.20. The van der Waals surface area contributed by atoms with Crippen LogP contribution in [0.15, 0.2) is 47.6 Å². The van der Waals surface area contributed by atoms with Gasteiger partial charge in [-0.1, -0.05) is 0 Å². The Morgan fingerprint density at radius 2 is 2.27 bits per heavy atom. The molecule has 3 heterocycles. The topological polar surface area (TPSA) is 82.6 Å². The summed E-state index contributed by atoms with van der Waals surface area (Å²) in [5.74, 6) is -0.152. The Morgan fingerprint density at radius 1 is 1.38 bits per heavy atom. The molecule has 4 rings (SSSR count). The van der Waals surface area contributed by atoms with Crippen molar-refractivity contribution >= 4 is 11.8 Å². The second-order valence-corrected chi connectivity index (χ2v) is 5.82. The molecule has 1 amide bonds. The fourth-order valence-electron chi connectivity index (χ4n) is 2.70. The SMILES string of the molecule is Cc1cn(-c2ccc(N3CC(COc4ccon4)OC3=O)cc2F)cn1. The number of ether oxygens (including phenoxy) is 2. The van der Waals surface area contributed by atoms with Crippen LogP contribution in [0.5, 0.6) is 5.88 Å². The zero-order valence-corrected chi connectivity index (χ0v) is 13.8. The lowest BCUT2D eigenvalue weighted by molar-refractivity contribution is 0.102. The number of hydrogen-bond donors (Lipinski definition) is 0. The van der Waals surface area contributed by atoms with Crippen LogP contribution in [0.4, 0.5) is 14.9 Å². The number of aryl methyl sites for hydroxylation is 1. The zero-order chi connectivity index (χ0) is 18.1. The molecule has 1 saturated heterocycles. The van der Waals surface area contributed by atoms with Gasteiger partial charge in [-0.15, -0.1) is 0 Å². The number of rotatable bonds is 5. The van der Waals surface area contributed by atoms with Crippen LogP contribution in [-0.4, -0.2) is 40.1 Å². The summed E-state index contributed by atoms with van der Waals surface area (Å²) < 4.78 is 31.4. The van der Waals surface area contributed by atoms with E-state index >= 15 is 0 Å². The van der Waals surface area contributed by atoms with Crippen LogP contribution in [0.1, 0.15) is 5.69 Å². The van der Waals surface area contributed by atoms with Gasteiger partial charge in [0, 0.05) is 12.3 Å². The minimum atomic E-state index is -0.552. The molecule has 8 nitrogen and oxygen atoms in total. The van der Waals surface area contributed by atoms with Gasteiger partial charge in [-0.05, 0) is 30.3 Å². The number of cyclic esters (lactones) is 1. The molecule has 9 heteroatoms. The third-order valence-corrected chi connectivity index (χ3v) is 3.94. The zero-order valence-electron chi connectivity index (χ0n) is 13.8. The summed E-state index contributed by atoms with van der Waals surface area (Å²) >= 11 is 0. The highest BCUT2D eigenvalue weighted by Crippen LogP contribution is 2.26. The number of carbonyl (C=O) groups is 1. The molecule has 0 saturated carbocycles. The van der Waals surface area contributed by atoms with Gasteiger partial charge in [0.15, 0.2) is 6.10 Å². The van der Waals surface area contributed by atoms with Crippen LogP contribution in [-0.2, 0) is 4.74 Å². The molecule has 0 aliphatic carbocycles. The Balaban J connectivity index is 1.47. The molecule has 0 N–H and O–H groups in total. The molecule has 1 aliphatic heterocycles. The van der Waals surface area contributed by atoms with Crippen LogP contribution < -0.4 is 9.64 Å². The average Bonchev–Trinajstić information content (AvgIpc) is 3.34. The first kappa shape index (κ1) is 16.1. The first-order chi connectivity index (χ1) is 12.6. The number of carbonyl (C=O) groups excluding carboxylic acids is 1. The summed E-state index contributed by atoms with van der Waals surface area (Å²) in [6, 6.07) is 6.11. The normalized spacial score (nSPS) is 16.8. The van der Waals surface area contributed by atoms with E-state index in [4.69, 9.17) is 9.47 Å². The van der Waals surface area contributed by atoms with Gasteiger partial charge in [-0.3, -0.25) is 4.90 Å². The average molecular weight is 358 g/mol. The van der Waals surface area contributed by atoms with E-state index in [9.17, 15) is 9.18 Å². The van der Waals surface area contributed by atoms with Crippen LogP contribution in [0.25, 0.3) is 5.69 Å². The van der Waals surface area contributed by atoms with Crippen molar-refractivity contribution in [1.82, 2.24) is 14.7 Å². The van der Waals surface area contributed by atoms with Gasteiger partial charge in [0.05, 0.1) is 29.9 Å². The summed E-state index contributed by atoms with van der Waals surface area (Å²) in [5.41, 5.74) is 1.55. The molecule has 0 radical (unpaired) electrons. The van der Waals surface area contributed by atoms with Gasteiger partial charge < -0.3 is 18.6 Å². The van der Waals surface area contributed by atoms with Gasteiger partial charge in [-0.25, -0.2) is 14.2 Å². The lowest BCUT2D eigenvalue weighted by Crippen LogP contribution is -2.26. The van der Waals surface area contributed by atoms with Crippen molar-refractivity contribution in [3.8, 4) is 11.6 Å². The van der Waals surface area contributed by atoms with E-state index in [1.54, 1.807) is 29.0 Å². The Morgan fingerprint density at radius 3 is 2.96 bits per heavy atom. The lowest BCUT2D eigenvalue weighted by atomic mass is 10.2. The molecule has 26 heavy (non-hydrogen) atoms. The van der Waals surface area contributed by atoms with Gasteiger partial charge >= 0.3 is 6.09 Å². The Hall–Kier alpha value is -3.36. The fourth-order valence-corrected chi connectivity index (χ4v) is 2.70. The van der Waals surface area contributed by atoms with Gasteiger partial charge in [0.2, 0.25) is 0 Å². The number of aromatic nitrogens is 3. The van der Waals surface area contributed by atoms with Crippen molar-refractivity contribution < 1.29 is 23.2 Å². The molecule has 134 valence electrons. The molecule has 1 atom stereocenters. The molecule has 2 aromatic heterocycles. The summed E-state index contributed by atoms with van der Waals surface area (Å²) in [6.07, 6.45) is 3.60. The smallest absolute Gasteiger partial charge is 0.414 e. The number of halogens is 1. The quantitative estimate of drug-likeness (QED) is 0.697. The van der Waals surface area contributed by atoms with E-state index in [0.717, 1.165) is 5.69 Å². The van der Waals surface area contributed by atoms with E-state index < -0.39 is 18.0 Å². The fraction of sp³-hybridized carbons (Fsp3) is 0.235. The number of benzene rings is 1. The molecule has 1 aromatic carbocycles. The van der Waals surface area contributed by atoms with E-state index in [-0.39, 0.29) is 13.2 Å². The predicted octanol–water partition coefficient (Wildman–Crippen LogP) is 2.71. The predicted molar refractivity (Wildman–Crippen MR) is 87.9 cm³/mol. The third kappa shape index (κ3) is 3.10. The molecular weight excluding hydrogens is 343 g/mol. The first-order valence-corrected chi connectivity index (χ1v) is 7.92. The van der Waals surface area contributed by atoms with Crippen LogP contribution in [0, 0.1) is 12.7 Å². The van der Waals surface area contributed by atoms with Crippen LogP contribution >= 0.6 is 0 Å². The highest BCUT2D eigenvalue weighted by atomic mass is 19.1. The maximum atomic E-state index is 14.5. The molecule has 0 bridgehead atoms. The van der Waals surface area contributed by atoms with Crippen molar-refractivity contribution in [2.75, 3.05) is 18.1 Å².